The smallest absolute Gasteiger partial charge is 0.0562 e. The first-order valence-corrected chi connectivity index (χ1v) is 6.04. The maximum absolute atomic E-state index is 5.46. The maximum atomic E-state index is 5.46. The van der Waals surface area contributed by atoms with Crippen LogP contribution < -0.4 is 5.32 Å². The van der Waals surface area contributed by atoms with Gasteiger partial charge in [-0.05, 0) is 5.41 Å². The number of hydrogen-bond donors (Lipinski definition) is 1. The second-order valence-electron chi connectivity index (χ2n) is 6.05. The molecule has 2 heterocycles. The zero-order chi connectivity index (χ0) is 10.9. The molecule has 2 aliphatic rings. The molecule has 0 unspecified atom stereocenters. The molecule has 2 aliphatic heterocycles. The van der Waals surface area contributed by atoms with Gasteiger partial charge in [-0.15, -0.1) is 0 Å². The van der Waals surface area contributed by atoms with Crippen LogP contribution in [0.3, 0.4) is 0 Å². The molecule has 88 valence electrons. The predicted molar refractivity (Wildman–Crippen MR) is 62.0 cm³/mol. The van der Waals surface area contributed by atoms with Gasteiger partial charge in [0.05, 0.1) is 13.2 Å². The highest BCUT2D eigenvalue weighted by atomic mass is 16.5. The van der Waals surface area contributed by atoms with Crippen LogP contribution in [0.4, 0.5) is 0 Å². The zero-order valence-electron chi connectivity index (χ0n) is 10.3. The molecule has 3 heteroatoms. The third-order valence-electron chi connectivity index (χ3n) is 4.08. The van der Waals surface area contributed by atoms with E-state index in [0.29, 0.717) is 10.8 Å². The van der Waals surface area contributed by atoms with Crippen molar-refractivity contribution in [2.24, 2.45) is 10.8 Å². The van der Waals surface area contributed by atoms with Crippen LogP contribution >= 0.6 is 0 Å². The Morgan fingerprint density at radius 1 is 1.20 bits per heavy atom. The van der Waals surface area contributed by atoms with Crippen molar-refractivity contribution in [2.45, 2.75) is 20.8 Å². The molecular formula is C12H24N2O. The molecule has 0 atom stereocenters. The minimum absolute atomic E-state index is 0.357. The Morgan fingerprint density at radius 3 is 2.20 bits per heavy atom. The highest BCUT2D eigenvalue weighted by molar-refractivity contribution is 4.97. The van der Waals surface area contributed by atoms with Crippen molar-refractivity contribution >= 4 is 0 Å². The fourth-order valence-corrected chi connectivity index (χ4v) is 2.41. The van der Waals surface area contributed by atoms with Gasteiger partial charge in [0.2, 0.25) is 0 Å². The van der Waals surface area contributed by atoms with Gasteiger partial charge >= 0.3 is 0 Å². The molecule has 0 amide bonds. The van der Waals surface area contributed by atoms with Crippen LogP contribution in [0.2, 0.25) is 0 Å². The lowest BCUT2D eigenvalue weighted by Gasteiger charge is -2.53. The summed E-state index contributed by atoms with van der Waals surface area (Å²) in [6.45, 7) is 14.8. The van der Waals surface area contributed by atoms with Gasteiger partial charge in [0.25, 0.3) is 0 Å². The molecule has 0 bridgehead atoms. The first-order chi connectivity index (χ1) is 7.04. The first-order valence-electron chi connectivity index (χ1n) is 6.04. The third kappa shape index (κ3) is 2.19. The lowest BCUT2D eigenvalue weighted by Crippen LogP contribution is -2.60. The second kappa shape index (κ2) is 4.04. The number of nitrogens with one attached hydrogen (secondary N) is 1. The average molecular weight is 212 g/mol. The van der Waals surface area contributed by atoms with Crippen molar-refractivity contribution in [3.05, 3.63) is 0 Å². The standard InChI is InChI=1S/C12H24N2O/c1-11(2,3)12(9-15-10-12)8-14-6-4-13-5-7-14/h13H,4-10H2,1-3H3. The molecule has 15 heavy (non-hydrogen) atoms. The van der Waals surface area contributed by atoms with Gasteiger partial charge in [0.15, 0.2) is 0 Å². The largest absolute Gasteiger partial charge is 0.380 e. The van der Waals surface area contributed by atoms with E-state index >= 15 is 0 Å². The van der Waals surface area contributed by atoms with E-state index in [9.17, 15) is 0 Å². The second-order valence-corrected chi connectivity index (χ2v) is 6.05. The summed E-state index contributed by atoms with van der Waals surface area (Å²) in [4.78, 5) is 2.59. The summed E-state index contributed by atoms with van der Waals surface area (Å²) in [6, 6.07) is 0. The number of rotatable bonds is 2. The lowest BCUT2D eigenvalue weighted by atomic mass is 9.64. The number of ether oxygens (including phenoxy) is 1. The molecule has 0 aromatic heterocycles. The van der Waals surface area contributed by atoms with E-state index in [1.807, 2.05) is 0 Å². The molecule has 0 saturated carbocycles. The van der Waals surface area contributed by atoms with Gasteiger partial charge in [0.1, 0.15) is 0 Å². The van der Waals surface area contributed by atoms with Crippen molar-refractivity contribution in [1.29, 1.82) is 0 Å². The Kier molecular flexibility index (Phi) is 3.06. The first kappa shape index (κ1) is 11.4. The van der Waals surface area contributed by atoms with Crippen LogP contribution in [-0.4, -0.2) is 50.8 Å². The van der Waals surface area contributed by atoms with E-state index in [1.165, 1.54) is 19.6 Å². The van der Waals surface area contributed by atoms with Crippen molar-refractivity contribution in [3.8, 4) is 0 Å². The van der Waals surface area contributed by atoms with E-state index in [4.69, 9.17) is 4.74 Å². The van der Waals surface area contributed by atoms with E-state index in [1.54, 1.807) is 0 Å². The number of piperazine rings is 1. The Bertz CT molecular complexity index is 212. The van der Waals surface area contributed by atoms with Gasteiger partial charge in [0, 0.05) is 38.1 Å². The van der Waals surface area contributed by atoms with Gasteiger partial charge in [-0.2, -0.15) is 0 Å². The number of hydrogen-bond acceptors (Lipinski definition) is 3. The molecule has 3 nitrogen and oxygen atoms in total. The van der Waals surface area contributed by atoms with Crippen LogP contribution in [-0.2, 0) is 4.74 Å². The van der Waals surface area contributed by atoms with E-state index in [2.05, 4.69) is 31.0 Å². The summed E-state index contributed by atoms with van der Waals surface area (Å²) in [6.07, 6.45) is 0. The van der Waals surface area contributed by atoms with Crippen molar-refractivity contribution in [3.63, 3.8) is 0 Å². The van der Waals surface area contributed by atoms with Crippen LogP contribution in [0.1, 0.15) is 20.8 Å². The van der Waals surface area contributed by atoms with Crippen LogP contribution in [0.15, 0.2) is 0 Å². The van der Waals surface area contributed by atoms with Crippen molar-refractivity contribution < 1.29 is 4.74 Å². The lowest BCUT2D eigenvalue weighted by molar-refractivity contribution is -0.181. The van der Waals surface area contributed by atoms with Gasteiger partial charge < -0.3 is 15.0 Å². The maximum Gasteiger partial charge on any atom is 0.0562 e. The van der Waals surface area contributed by atoms with Crippen molar-refractivity contribution in [1.82, 2.24) is 10.2 Å². The topological polar surface area (TPSA) is 24.5 Å². The summed E-state index contributed by atoms with van der Waals surface area (Å²) < 4.78 is 5.46. The molecule has 0 aromatic rings. The van der Waals surface area contributed by atoms with Crippen LogP contribution in [0, 0.1) is 10.8 Å². The molecule has 0 radical (unpaired) electrons. The third-order valence-corrected chi connectivity index (χ3v) is 4.08. The molecule has 2 fully saturated rings. The predicted octanol–water partition coefficient (Wildman–Crippen LogP) is 0.954. The Labute approximate surface area is 93.2 Å². The Morgan fingerprint density at radius 2 is 1.80 bits per heavy atom. The molecule has 1 N–H and O–H groups in total. The molecule has 0 spiro atoms. The summed E-state index contributed by atoms with van der Waals surface area (Å²) in [7, 11) is 0. The normalized spacial score (nSPS) is 27.4. The minimum Gasteiger partial charge on any atom is -0.380 e. The van der Waals surface area contributed by atoms with Crippen LogP contribution in [0.5, 0.6) is 0 Å². The fraction of sp³-hybridized carbons (Fsp3) is 1.00. The van der Waals surface area contributed by atoms with E-state index < -0.39 is 0 Å². The minimum atomic E-state index is 0.357. The highest BCUT2D eigenvalue weighted by Crippen LogP contribution is 2.45. The molecule has 0 aromatic carbocycles. The molecule has 2 saturated heterocycles. The Balaban J connectivity index is 1.95. The summed E-state index contributed by atoms with van der Waals surface area (Å²) in [5.74, 6) is 0. The molecular weight excluding hydrogens is 188 g/mol. The fourth-order valence-electron chi connectivity index (χ4n) is 2.41. The van der Waals surface area contributed by atoms with Gasteiger partial charge in [-0.25, -0.2) is 0 Å². The highest BCUT2D eigenvalue weighted by Gasteiger charge is 2.49. The quantitative estimate of drug-likeness (QED) is 0.738. The van der Waals surface area contributed by atoms with E-state index in [-0.39, 0.29) is 0 Å². The average Bonchev–Trinajstić information content (AvgIpc) is 2.11. The summed E-state index contributed by atoms with van der Waals surface area (Å²) in [5.41, 5.74) is 0.750. The summed E-state index contributed by atoms with van der Waals surface area (Å²) in [5, 5.41) is 3.40. The monoisotopic (exact) mass is 212 g/mol. The van der Waals surface area contributed by atoms with Crippen molar-refractivity contribution in [2.75, 3.05) is 45.9 Å². The molecule has 2 rings (SSSR count). The van der Waals surface area contributed by atoms with Gasteiger partial charge in [-0.3, -0.25) is 0 Å². The summed E-state index contributed by atoms with van der Waals surface area (Å²) >= 11 is 0. The van der Waals surface area contributed by atoms with Gasteiger partial charge in [-0.1, -0.05) is 20.8 Å². The molecule has 0 aliphatic carbocycles. The number of nitrogens with zero attached hydrogens (tertiary/aromatic N) is 1. The Hall–Kier alpha value is -0.120. The zero-order valence-corrected chi connectivity index (χ0v) is 10.3. The van der Waals surface area contributed by atoms with Crippen LogP contribution in [0.25, 0.3) is 0 Å². The van der Waals surface area contributed by atoms with E-state index in [0.717, 1.165) is 26.3 Å². The SMILES string of the molecule is CC(C)(C)C1(CN2CCNCC2)COC1.